The van der Waals surface area contributed by atoms with E-state index >= 15 is 0 Å². The van der Waals surface area contributed by atoms with Crippen molar-refractivity contribution in [1.82, 2.24) is 0 Å². The Morgan fingerprint density at radius 3 is 2.17 bits per heavy atom. The summed E-state index contributed by atoms with van der Waals surface area (Å²) in [5.41, 5.74) is 0.763. The van der Waals surface area contributed by atoms with E-state index in [0.29, 0.717) is 5.75 Å². The molecule has 0 heterocycles. The van der Waals surface area contributed by atoms with E-state index in [2.05, 4.69) is 31.9 Å². The van der Waals surface area contributed by atoms with Gasteiger partial charge in [0, 0.05) is 24.3 Å². The minimum absolute atomic E-state index is 0.00675. The summed E-state index contributed by atoms with van der Waals surface area (Å²) >= 11 is 6.99. The zero-order valence-electron chi connectivity index (χ0n) is 12.2. The van der Waals surface area contributed by atoms with Gasteiger partial charge in [-0.25, -0.2) is 0 Å². The van der Waals surface area contributed by atoms with Crippen LogP contribution in [0.5, 0.6) is 5.75 Å². The molecule has 126 valence electrons. The largest absolute Gasteiger partial charge is 0.492 e. The van der Waals surface area contributed by atoms with Crippen molar-refractivity contribution in [2.75, 3.05) is 6.61 Å². The Kier molecular flexibility index (Phi) is 6.27. The number of rotatable bonds is 7. The van der Waals surface area contributed by atoms with Crippen molar-refractivity contribution in [3.05, 3.63) is 74.3 Å². The SMILES string of the molecule is O=[N+]([O-])c1ccc(OC[C@@H](Br)[C@H](Br)c2cccc([N+](=O)[O-])c2)cc1. The van der Waals surface area contributed by atoms with Gasteiger partial charge < -0.3 is 4.74 Å². The summed E-state index contributed by atoms with van der Waals surface area (Å²) in [5.74, 6) is 0.504. The highest BCUT2D eigenvalue weighted by Gasteiger charge is 2.20. The highest BCUT2D eigenvalue weighted by atomic mass is 79.9. The maximum Gasteiger partial charge on any atom is 0.269 e. The molecule has 0 unspecified atom stereocenters. The van der Waals surface area contributed by atoms with Gasteiger partial charge in [-0.2, -0.15) is 0 Å². The van der Waals surface area contributed by atoms with Crippen LogP contribution in [0.1, 0.15) is 10.4 Å². The van der Waals surface area contributed by atoms with Gasteiger partial charge in [0.1, 0.15) is 12.4 Å². The molecule has 0 fully saturated rings. The molecule has 24 heavy (non-hydrogen) atoms. The van der Waals surface area contributed by atoms with Gasteiger partial charge in [-0.3, -0.25) is 20.2 Å². The summed E-state index contributed by atoms with van der Waals surface area (Å²) < 4.78 is 5.59. The fourth-order valence-corrected chi connectivity index (χ4v) is 2.82. The Morgan fingerprint density at radius 1 is 0.958 bits per heavy atom. The predicted molar refractivity (Wildman–Crippen MR) is 96.1 cm³/mol. The van der Waals surface area contributed by atoms with Gasteiger partial charge in [0.15, 0.2) is 0 Å². The number of halogens is 2. The number of hydrogen-bond acceptors (Lipinski definition) is 5. The van der Waals surface area contributed by atoms with E-state index in [4.69, 9.17) is 4.74 Å². The van der Waals surface area contributed by atoms with Crippen LogP contribution in [0.4, 0.5) is 11.4 Å². The van der Waals surface area contributed by atoms with E-state index in [1.807, 2.05) is 0 Å². The molecule has 2 aromatic rings. The minimum Gasteiger partial charge on any atom is -0.492 e. The fourth-order valence-electron chi connectivity index (χ4n) is 1.94. The summed E-state index contributed by atoms with van der Waals surface area (Å²) in [6, 6.07) is 12.1. The molecule has 0 aliphatic rings. The maximum atomic E-state index is 10.8. The average Bonchev–Trinajstić information content (AvgIpc) is 2.59. The predicted octanol–water partition coefficient (Wildman–Crippen LogP) is 4.78. The first-order valence-electron chi connectivity index (χ1n) is 6.78. The van der Waals surface area contributed by atoms with Gasteiger partial charge in [0.2, 0.25) is 0 Å². The fraction of sp³-hybridized carbons (Fsp3) is 0.200. The summed E-state index contributed by atoms with van der Waals surface area (Å²) in [4.78, 5) is 20.2. The van der Waals surface area contributed by atoms with Gasteiger partial charge in [0.25, 0.3) is 11.4 Å². The van der Waals surface area contributed by atoms with Gasteiger partial charge >= 0.3 is 0 Å². The molecule has 0 bridgehead atoms. The van der Waals surface area contributed by atoms with Crippen LogP contribution in [0, 0.1) is 20.2 Å². The Hall–Kier alpha value is -2.00. The van der Waals surface area contributed by atoms with E-state index in [9.17, 15) is 20.2 Å². The lowest BCUT2D eigenvalue weighted by atomic mass is 10.1. The van der Waals surface area contributed by atoms with Crippen molar-refractivity contribution < 1.29 is 14.6 Å². The quantitative estimate of drug-likeness (QED) is 0.337. The summed E-state index contributed by atoms with van der Waals surface area (Å²) in [6.45, 7) is 0.274. The maximum absolute atomic E-state index is 10.8. The summed E-state index contributed by atoms with van der Waals surface area (Å²) in [6.07, 6.45) is 0. The normalized spacial score (nSPS) is 13.1. The van der Waals surface area contributed by atoms with E-state index < -0.39 is 9.85 Å². The van der Waals surface area contributed by atoms with Crippen molar-refractivity contribution in [2.45, 2.75) is 9.65 Å². The zero-order chi connectivity index (χ0) is 17.7. The first-order chi connectivity index (χ1) is 11.4. The highest BCUT2D eigenvalue weighted by molar-refractivity contribution is 9.12. The van der Waals surface area contributed by atoms with Crippen LogP contribution in [0.15, 0.2) is 48.5 Å². The number of nitro benzene ring substituents is 2. The molecule has 0 aromatic heterocycles. The average molecular weight is 460 g/mol. The van der Waals surface area contributed by atoms with Gasteiger partial charge in [-0.15, -0.1) is 0 Å². The molecule has 0 amide bonds. The van der Waals surface area contributed by atoms with Crippen LogP contribution >= 0.6 is 31.9 Å². The first kappa shape index (κ1) is 18.3. The van der Waals surface area contributed by atoms with Crippen LogP contribution in [-0.4, -0.2) is 21.3 Å². The summed E-state index contributed by atoms with van der Waals surface area (Å²) in [7, 11) is 0. The molecule has 0 aliphatic carbocycles. The molecule has 0 radical (unpaired) electrons. The van der Waals surface area contributed by atoms with Crippen molar-refractivity contribution in [2.24, 2.45) is 0 Å². The zero-order valence-corrected chi connectivity index (χ0v) is 15.3. The molecule has 2 rings (SSSR count). The number of nitrogens with zero attached hydrogens (tertiary/aromatic N) is 2. The minimum atomic E-state index is -0.478. The molecular formula is C15H12Br2N2O5. The van der Waals surface area contributed by atoms with Crippen LogP contribution in [-0.2, 0) is 0 Å². The van der Waals surface area contributed by atoms with Gasteiger partial charge in [-0.05, 0) is 17.7 Å². The molecule has 7 nitrogen and oxygen atoms in total. The number of benzene rings is 2. The van der Waals surface area contributed by atoms with Crippen LogP contribution in [0.25, 0.3) is 0 Å². The third kappa shape index (κ3) is 4.75. The second-order valence-corrected chi connectivity index (χ2v) is 6.99. The topological polar surface area (TPSA) is 95.5 Å². The highest BCUT2D eigenvalue weighted by Crippen LogP contribution is 2.33. The standard InChI is InChI=1S/C15H12Br2N2O5/c16-14(9-24-13-6-4-11(5-7-13)18(20)21)15(17)10-2-1-3-12(8-10)19(22)23/h1-8,14-15H,9H2/t14-,15-/m1/s1. The molecule has 2 atom stereocenters. The monoisotopic (exact) mass is 458 g/mol. The van der Waals surface area contributed by atoms with Crippen molar-refractivity contribution >= 4 is 43.2 Å². The summed E-state index contributed by atoms with van der Waals surface area (Å²) in [5, 5.41) is 21.4. The third-order valence-corrected chi connectivity index (χ3v) is 5.84. The Morgan fingerprint density at radius 2 is 1.58 bits per heavy atom. The number of ether oxygens (including phenoxy) is 1. The van der Waals surface area contributed by atoms with Crippen LogP contribution < -0.4 is 4.74 Å². The van der Waals surface area contributed by atoms with Crippen molar-refractivity contribution in [3.63, 3.8) is 0 Å². The van der Waals surface area contributed by atoms with Gasteiger partial charge in [0.05, 0.1) is 19.5 Å². The van der Waals surface area contributed by atoms with E-state index in [0.717, 1.165) is 5.56 Å². The van der Waals surface area contributed by atoms with Gasteiger partial charge in [-0.1, -0.05) is 44.0 Å². The second kappa shape index (κ2) is 8.20. The second-order valence-electron chi connectivity index (χ2n) is 4.83. The molecule has 0 aliphatic heterocycles. The number of alkyl halides is 2. The van der Waals surface area contributed by atoms with Crippen molar-refractivity contribution in [3.8, 4) is 5.75 Å². The van der Waals surface area contributed by atoms with Crippen molar-refractivity contribution in [1.29, 1.82) is 0 Å². The third-order valence-electron chi connectivity index (χ3n) is 3.17. The lowest BCUT2D eigenvalue weighted by Gasteiger charge is -2.17. The smallest absolute Gasteiger partial charge is 0.269 e. The number of hydrogen-bond donors (Lipinski definition) is 0. The molecule has 0 saturated carbocycles. The molecule has 9 heteroatoms. The molecule has 0 saturated heterocycles. The molecular weight excluding hydrogens is 448 g/mol. The Labute approximate surface area is 154 Å². The van der Waals surface area contributed by atoms with E-state index in [-0.39, 0.29) is 27.6 Å². The lowest BCUT2D eigenvalue weighted by molar-refractivity contribution is -0.385. The molecule has 2 aromatic carbocycles. The lowest BCUT2D eigenvalue weighted by Crippen LogP contribution is -2.16. The van der Waals surface area contributed by atoms with Crippen LogP contribution in [0.3, 0.4) is 0 Å². The van der Waals surface area contributed by atoms with Crippen LogP contribution in [0.2, 0.25) is 0 Å². The number of non-ortho nitro benzene ring substituents is 2. The van der Waals surface area contributed by atoms with E-state index in [1.165, 1.54) is 36.4 Å². The van der Waals surface area contributed by atoms with E-state index in [1.54, 1.807) is 12.1 Å². The molecule has 0 spiro atoms. The Bertz CT molecular complexity index is 739. The molecule has 0 N–H and O–H groups in total. The first-order valence-corrected chi connectivity index (χ1v) is 8.61. The Balaban J connectivity index is 1.98. The number of nitro groups is 2.